The van der Waals surface area contributed by atoms with Crippen LogP contribution in [0.3, 0.4) is 0 Å². The molecule has 0 saturated heterocycles. The Bertz CT molecular complexity index is 1560. The number of benzene rings is 4. The summed E-state index contributed by atoms with van der Waals surface area (Å²) < 4.78 is 8.07. The first-order valence-electron chi connectivity index (χ1n) is 10.7. The Morgan fingerprint density at radius 1 is 0.824 bits per heavy atom. The van der Waals surface area contributed by atoms with Gasteiger partial charge in [-0.25, -0.2) is 9.78 Å². The lowest BCUT2D eigenvalue weighted by Gasteiger charge is -2.16. The zero-order valence-electron chi connectivity index (χ0n) is 18.0. The lowest BCUT2D eigenvalue weighted by Crippen LogP contribution is -2.24. The summed E-state index contributed by atoms with van der Waals surface area (Å²) in [6.45, 7) is 0.333. The van der Waals surface area contributed by atoms with Crippen LogP contribution < -0.4 is 10.3 Å². The van der Waals surface area contributed by atoms with Gasteiger partial charge >= 0.3 is 5.97 Å². The van der Waals surface area contributed by atoms with Gasteiger partial charge in [-0.15, -0.1) is 0 Å². The minimum Gasteiger partial charge on any atom is -0.422 e. The van der Waals surface area contributed by atoms with E-state index in [-0.39, 0.29) is 5.56 Å². The normalized spacial score (nSPS) is 10.9. The standard InChI is InChI=1S/C28H19BrN2O3/c29-23-15-7-4-12-20(23)28(33)34-25-17-9-6-14-22(25)26-30-24-16-8-5-13-21(24)27(32)31(26)18-19-10-2-1-3-11-19/h1-17H,18H2. The van der Waals surface area contributed by atoms with Gasteiger partial charge in [0.05, 0.1) is 28.6 Å². The third-order valence-corrected chi connectivity index (χ3v) is 6.16. The molecule has 6 heteroatoms. The molecule has 34 heavy (non-hydrogen) atoms. The highest BCUT2D eigenvalue weighted by Crippen LogP contribution is 2.30. The fourth-order valence-corrected chi connectivity index (χ4v) is 4.25. The second-order valence-electron chi connectivity index (χ2n) is 7.69. The third kappa shape index (κ3) is 4.28. The van der Waals surface area contributed by atoms with Crippen LogP contribution in [0.25, 0.3) is 22.3 Å². The smallest absolute Gasteiger partial charge is 0.344 e. The molecule has 5 rings (SSSR count). The van der Waals surface area contributed by atoms with E-state index in [2.05, 4.69) is 15.9 Å². The number of nitrogens with zero attached hydrogens (tertiary/aromatic N) is 2. The molecule has 5 aromatic rings. The molecule has 0 fully saturated rings. The molecule has 0 unspecified atom stereocenters. The van der Waals surface area contributed by atoms with Crippen LogP contribution >= 0.6 is 15.9 Å². The summed E-state index contributed by atoms with van der Waals surface area (Å²) in [7, 11) is 0. The van der Waals surface area contributed by atoms with Gasteiger partial charge in [0.1, 0.15) is 11.6 Å². The van der Waals surface area contributed by atoms with Gasteiger partial charge in [-0.05, 0) is 57.9 Å². The average Bonchev–Trinajstić information content (AvgIpc) is 2.87. The maximum Gasteiger partial charge on any atom is 0.344 e. The predicted molar refractivity (Wildman–Crippen MR) is 136 cm³/mol. The molecular weight excluding hydrogens is 492 g/mol. The lowest BCUT2D eigenvalue weighted by molar-refractivity contribution is 0.0734. The lowest BCUT2D eigenvalue weighted by atomic mass is 10.1. The summed E-state index contributed by atoms with van der Waals surface area (Å²) in [5.41, 5.74) is 2.35. The van der Waals surface area contributed by atoms with Crippen LogP contribution in [-0.2, 0) is 6.54 Å². The van der Waals surface area contributed by atoms with Crippen molar-refractivity contribution in [2.24, 2.45) is 0 Å². The number of halogens is 1. The molecule has 0 amide bonds. The third-order valence-electron chi connectivity index (χ3n) is 5.47. The summed E-state index contributed by atoms with van der Waals surface area (Å²) in [5.74, 6) is 0.257. The van der Waals surface area contributed by atoms with Crippen molar-refractivity contribution in [1.29, 1.82) is 0 Å². The number of carbonyl (C=O) groups excluding carboxylic acids is 1. The number of aromatic nitrogens is 2. The van der Waals surface area contributed by atoms with Gasteiger partial charge in [-0.1, -0.05) is 66.7 Å². The van der Waals surface area contributed by atoms with Crippen LogP contribution in [0.5, 0.6) is 5.75 Å². The van der Waals surface area contributed by atoms with Crippen molar-refractivity contribution in [2.45, 2.75) is 6.54 Å². The highest BCUT2D eigenvalue weighted by atomic mass is 79.9. The van der Waals surface area contributed by atoms with E-state index in [1.165, 1.54) is 0 Å². The first kappa shape index (κ1) is 21.8. The number of esters is 1. The molecule has 0 spiro atoms. The van der Waals surface area contributed by atoms with Gasteiger partial charge in [0.25, 0.3) is 5.56 Å². The Balaban J connectivity index is 1.66. The van der Waals surface area contributed by atoms with Crippen LogP contribution in [0.15, 0.2) is 112 Å². The molecule has 166 valence electrons. The first-order chi connectivity index (χ1) is 16.6. The van der Waals surface area contributed by atoms with Gasteiger partial charge < -0.3 is 4.74 Å². The topological polar surface area (TPSA) is 61.2 Å². The number of hydrogen-bond donors (Lipinski definition) is 0. The molecule has 1 heterocycles. The Morgan fingerprint density at radius 3 is 2.32 bits per heavy atom. The fourth-order valence-electron chi connectivity index (χ4n) is 3.81. The molecule has 0 aliphatic heterocycles. The summed E-state index contributed by atoms with van der Waals surface area (Å²) in [6, 6.07) is 31.2. The van der Waals surface area contributed by atoms with Gasteiger partial charge in [0.2, 0.25) is 0 Å². The second-order valence-corrected chi connectivity index (χ2v) is 8.55. The highest BCUT2D eigenvalue weighted by Gasteiger charge is 2.19. The van der Waals surface area contributed by atoms with E-state index in [0.29, 0.717) is 44.6 Å². The molecular formula is C28H19BrN2O3. The van der Waals surface area contributed by atoms with E-state index in [0.717, 1.165) is 5.56 Å². The Labute approximate surface area is 204 Å². The van der Waals surface area contributed by atoms with Crippen molar-refractivity contribution >= 4 is 32.8 Å². The van der Waals surface area contributed by atoms with E-state index in [1.54, 1.807) is 47.0 Å². The Morgan fingerprint density at radius 2 is 1.50 bits per heavy atom. The molecule has 0 radical (unpaired) electrons. The molecule has 0 saturated carbocycles. The monoisotopic (exact) mass is 510 g/mol. The fraction of sp³-hybridized carbons (Fsp3) is 0.0357. The molecule has 0 N–H and O–H groups in total. The number of rotatable bonds is 5. The average molecular weight is 511 g/mol. The van der Waals surface area contributed by atoms with E-state index in [4.69, 9.17) is 9.72 Å². The Kier molecular flexibility index (Phi) is 6.06. The zero-order chi connectivity index (χ0) is 23.5. The first-order valence-corrected chi connectivity index (χ1v) is 11.5. The molecule has 0 aliphatic rings. The van der Waals surface area contributed by atoms with Crippen molar-refractivity contribution in [3.63, 3.8) is 0 Å². The van der Waals surface area contributed by atoms with E-state index in [1.807, 2.05) is 60.7 Å². The summed E-state index contributed by atoms with van der Waals surface area (Å²) in [6.07, 6.45) is 0. The molecule has 1 aromatic heterocycles. The molecule has 5 nitrogen and oxygen atoms in total. The van der Waals surface area contributed by atoms with Gasteiger partial charge in [-0.3, -0.25) is 9.36 Å². The van der Waals surface area contributed by atoms with E-state index >= 15 is 0 Å². The number of carbonyl (C=O) groups is 1. The van der Waals surface area contributed by atoms with Crippen molar-refractivity contribution in [3.05, 3.63) is 129 Å². The molecule has 0 bridgehead atoms. The van der Waals surface area contributed by atoms with Crippen LogP contribution in [-0.4, -0.2) is 15.5 Å². The maximum atomic E-state index is 13.5. The minimum absolute atomic E-state index is 0.156. The van der Waals surface area contributed by atoms with Crippen LogP contribution in [0, 0.1) is 0 Å². The molecule has 4 aromatic carbocycles. The van der Waals surface area contributed by atoms with Crippen LogP contribution in [0.4, 0.5) is 0 Å². The molecule has 0 atom stereocenters. The minimum atomic E-state index is -0.502. The van der Waals surface area contributed by atoms with E-state index in [9.17, 15) is 9.59 Å². The van der Waals surface area contributed by atoms with Crippen LogP contribution in [0.1, 0.15) is 15.9 Å². The summed E-state index contributed by atoms with van der Waals surface area (Å²) in [5, 5.41) is 0.532. The van der Waals surface area contributed by atoms with Crippen molar-refractivity contribution < 1.29 is 9.53 Å². The Hall–Kier alpha value is -4.03. The summed E-state index contributed by atoms with van der Waals surface area (Å²) >= 11 is 3.40. The maximum absolute atomic E-state index is 13.5. The summed E-state index contributed by atoms with van der Waals surface area (Å²) in [4.78, 5) is 31.3. The van der Waals surface area contributed by atoms with Gasteiger partial charge in [-0.2, -0.15) is 0 Å². The van der Waals surface area contributed by atoms with Gasteiger partial charge in [0, 0.05) is 4.47 Å². The van der Waals surface area contributed by atoms with Crippen molar-refractivity contribution in [2.75, 3.05) is 0 Å². The number of fused-ring (bicyclic) bond motifs is 1. The van der Waals surface area contributed by atoms with Crippen LogP contribution in [0.2, 0.25) is 0 Å². The predicted octanol–water partition coefficient (Wildman–Crippen LogP) is 6.09. The SMILES string of the molecule is O=C(Oc1ccccc1-c1nc2ccccc2c(=O)n1Cc1ccccc1)c1ccccc1Br. The van der Waals surface area contributed by atoms with Crippen molar-refractivity contribution in [3.8, 4) is 17.1 Å². The largest absolute Gasteiger partial charge is 0.422 e. The second kappa shape index (κ2) is 9.45. The van der Waals surface area contributed by atoms with Gasteiger partial charge in [0.15, 0.2) is 0 Å². The van der Waals surface area contributed by atoms with Crippen molar-refractivity contribution in [1.82, 2.24) is 9.55 Å². The number of para-hydroxylation sites is 2. The zero-order valence-corrected chi connectivity index (χ0v) is 19.6. The number of ether oxygens (including phenoxy) is 1. The highest BCUT2D eigenvalue weighted by molar-refractivity contribution is 9.10. The molecule has 0 aliphatic carbocycles. The van der Waals surface area contributed by atoms with E-state index < -0.39 is 5.97 Å². The quantitative estimate of drug-likeness (QED) is 0.212. The number of hydrogen-bond acceptors (Lipinski definition) is 4.